The summed E-state index contributed by atoms with van der Waals surface area (Å²) in [4.78, 5) is 0. The highest BCUT2D eigenvalue weighted by Gasteiger charge is 2.47. The van der Waals surface area contributed by atoms with Crippen molar-refractivity contribution >= 4 is 110 Å². The van der Waals surface area contributed by atoms with Crippen LogP contribution in [0.3, 0.4) is 0 Å². The molecule has 0 saturated carbocycles. The van der Waals surface area contributed by atoms with Crippen molar-refractivity contribution in [2.24, 2.45) is 0 Å². The predicted octanol–water partition coefficient (Wildman–Crippen LogP) is 14.7. The summed E-state index contributed by atoms with van der Waals surface area (Å²) in [6, 6.07) is 84.5. The highest BCUT2D eigenvalue weighted by atomic mass is 16.5. The summed E-state index contributed by atoms with van der Waals surface area (Å²) in [5, 5.41) is 21.3. The Balaban J connectivity index is 1.08. The first kappa shape index (κ1) is 40.4. The van der Waals surface area contributed by atoms with Crippen molar-refractivity contribution in [2.75, 3.05) is 0 Å². The fourth-order valence-electron chi connectivity index (χ4n) is 13.2. The second kappa shape index (κ2) is 14.9. The van der Waals surface area contributed by atoms with E-state index >= 15 is 0 Å². The van der Waals surface area contributed by atoms with Crippen LogP contribution in [-0.4, -0.2) is 25.0 Å². The topological polar surface area (TPSA) is 62.0 Å². The van der Waals surface area contributed by atoms with E-state index in [0.717, 1.165) is 126 Å². The lowest BCUT2D eigenvalue weighted by Crippen LogP contribution is -2.58. The summed E-state index contributed by atoms with van der Waals surface area (Å²) < 4.78 is 25.0. The first-order chi connectivity index (χ1) is 37.2. The third kappa shape index (κ3) is 5.23. The van der Waals surface area contributed by atoms with Crippen molar-refractivity contribution in [1.82, 2.24) is 18.3 Å². The van der Waals surface area contributed by atoms with Gasteiger partial charge >= 0.3 is 0 Å². The zero-order valence-electron chi connectivity index (χ0n) is 40.1. The van der Waals surface area contributed by atoms with E-state index in [4.69, 9.17) is 9.47 Å². The van der Waals surface area contributed by atoms with Crippen molar-refractivity contribution in [3.8, 4) is 51.8 Å². The van der Waals surface area contributed by atoms with Gasteiger partial charge in [0.15, 0.2) is 11.5 Å². The summed E-state index contributed by atoms with van der Waals surface area (Å²) in [5.41, 5.74) is 14.6. The molecular formula is C67H38BN5O2. The minimum atomic E-state index is -0.421. The van der Waals surface area contributed by atoms with Gasteiger partial charge in [0.1, 0.15) is 34.5 Å². The van der Waals surface area contributed by atoms with Crippen molar-refractivity contribution in [3.05, 3.63) is 236 Å². The van der Waals surface area contributed by atoms with Gasteiger partial charge in [0.25, 0.3) is 6.71 Å². The molecule has 4 aromatic heterocycles. The van der Waals surface area contributed by atoms with Gasteiger partial charge in [-0.15, -0.1) is 0 Å². The van der Waals surface area contributed by atoms with Crippen LogP contribution in [0.1, 0.15) is 5.56 Å². The Morgan fingerprint density at radius 2 is 0.560 bits per heavy atom. The molecule has 0 spiro atoms. The molecule has 6 heterocycles. The zero-order valence-corrected chi connectivity index (χ0v) is 40.1. The quantitative estimate of drug-likeness (QED) is 0.165. The van der Waals surface area contributed by atoms with Gasteiger partial charge in [0.05, 0.1) is 55.5 Å². The molecule has 8 heteroatoms. The van der Waals surface area contributed by atoms with Crippen LogP contribution in [0.4, 0.5) is 0 Å². The summed E-state index contributed by atoms with van der Waals surface area (Å²) in [6.45, 7) is -0.421. The Kier molecular flexibility index (Phi) is 8.03. The largest absolute Gasteiger partial charge is 0.454 e. The van der Waals surface area contributed by atoms with Crippen LogP contribution in [0.15, 0.2) is 231 Å². The summed E-state index contributed by atoms with van der Waals surface area (Å²) in [5.74, 6) is 2.60. The number of aromatic nitrogens is 4. The van der Waals surface area contributed by atoms with Crippen LogP contribution in [0.2, 0.25) is 0 Å². The second-order valence-electron chi connectivity index (χ2n) is 19.8. The molecule has 2 aliphatic rings. The number of rotatable bonds is 4. The molecule has 0 atom stereocenters. The van der Waals surface area contributed by atoms with E-state index in [1.165, 1.54) is 0 Å². The van der Waals surface area contributed by atoms with Crippen LogP contribution in [0.5, 0.6) is 23.0 Å². The molecule has 2 aliphatic heterocycles. The van der Waals surface area contributed by atoms with Gasteiger partial charge in [0, 0.05) is 48.6 Å². The smallest absolute Gasteiger partial charge is 0.261 e. The van der Waals surface area contributed by atoms with Crippen molar-refractivity contribution < 1.29 is 9.47 Å². The lowest BCUT2D eigenvalue weighted by Gasteiger charge is -2.37. The molecule has 75 heavy (non-hydrogen) atoms. The molecule has 346 valence electrons. The Hall–Kier alpha value is -10.2. The number of ether oxygens (including phenoxy) is 2. The van der Waals surface area contributed by atoms with Crippen LogP contribution < -0.4 is 25.9 Å². The molecule has 15 aromatic rings. The molecule has 0 bridgehead atoms. The summed E-state index contributed by atoms with van der Waals surface area (Å²) in [7, 11) is 0. The van der Waals surface area contributed by atoms with Gasteiger partial charge in [0.2, 0.25) is 0 Å². The molecule has 0 aliphatic carbocycles. The molecule has 17 rings (SSSR count). The van der Waals surface area contributed by atoms with Gasteiger partial charge in [-0.3, -0.25) is 0 Å². The Morgan fingerprint density at radius 1 is 0.293 bits per heavy atom. The van der Waals surface area contributed by atoms with Crippen LogP contribution in [0, 0.1) is 11.3 Å². The lowest BCUT2D eigenvalue weighted by atomic mass is 9.34. The van der Waals surface area contributed by atoms with Crippen molar-refractivity contribution in [1.29, 1.82) is 5.26 Å². The molecule has 0 N–H and O–H groups in total. The van der Waals surface area contributed by atoms with Gasteiger partial charge in [-0.05, 0) is 71.6 Å². The van der Waals surface area contributed by atoms with E-state index in [9.17, 15) is 5.26 Å². The van der Waals surface area contributed by atoms with E-state index in [-0.39, 0.29) is 0 Å². The van der Waals surface area contributed by atoms with E-state index in [1.807, 2.05) is 0 Å². The normalized spacial score (nSPS) is 12.7. The Labute approximate surface area is 429 Å². The third-order valence-corrected chi connectivity index (χ3v) is 16.1. The maximum atomic E-state index is 12.4. The number of para-hydroxylation sites is 10. The number of hydrogen-bond donors (Lipinski definition) is 0. The van der Waals surface area contributed by atoms with Crippen LogP contribution >= 0.6 is 0 Å². The van der Waals surface area contributed by atoms with E-state index < -0.39 is 6.71 Å². The number of hydrogen-bond acceptors (Lipinski definition) is 3. The number of nitriles is 1. The van der Waals surface area contributed by atoms with Gasteiger partial charge in [-0.25, -0.2) is 0 Å². The summed E-state index contributed by atoms with van der Waals surface area (Å²) >= 11 is 0. The van der Waals surface area contributed by atoms with E-state index in [1.54, 1.807) is 0 Å². The van der Waals surface area contributed by atoms with Crippen LogP contribution in [0.25, 0.3) is 110 Å². The molecular weight excluding hydrogens is 918 g/mol. The van der Waals surface area contributed by atoms with Gasteiger partial charge in [-0.2, -0.15) is 5.26 Å². The molecule has 11 aromatic carbocycles. The van der Waals surface area contributed by atoms with Crippen LogP contribution in [-0.2, 0) is 0 Å². The van der Waals surface area contributed by atoms with Gasteiger partial charge < -0.3 is 27.7 Å². The van der Waals surface area contributed by atoms with Crippen molar-refractivity contribution in [2.45, 2.75) is 0 Å². The first-order valence-corrected chi connectivity index (χ1v) is 25.4. The average molecular weight is 956 g/mol. The first-order valence-electron chi connectivity index (χ1n) is 25.4. The SMILES string of the molecule is N#Cc1c(-n2c3ccccc3c3ccccc32)c2c3c(c1-n1c4ccccc4c4ccccc41)Oc1c(cccc1-n1c4ccccc4c4ccccc41)B3c1cccc(-n3c4ccccc4c4ccccc43)c1O2. The number of nitrogens with zero attached hydrogens (tertiary/aromatic N) is 5. The molecule has 0 radical (unpaired) electrons. The number of fused-ring (bicyclic) bond motifs is 16. The average Bonchev–Trinajstić information content (AvgIpc) is 4.22. The Bertz CT molecular complexity index is 4550. The summed E-state index contributed by atoms with van der Waals surface area (Å²) in [6.07, 6.45) is 0. The fourth-order valence-corrected chi connectivity index (χ4v) is 13.2. The minimum Gasteiger partial charge on any atom is -0.454 e. The van der Waals surface area contributed by atoms with Gasteiger partial charge in [-0.1, -0.05) is 170 Å². The lowest BCUT2D eigenvalue weighted by molar-refractivity contribution is 0.460. The molecule has 0 amide bonds. The molecule has 0 fully saturated rings. The zero-order chi connectivity index (χ0) is 49.0. The fraction of sp³-hybridized carbons (Fsp3) is 0. The molecule has 7 nitrogen and oxygen atoms in total. The third-order valence-electron chi connectivity index (χ3n) is 16.1. The number of benzene rings is 11. The minimum absolute atomic E-state index is 0.421. The van der Waals surface area contributed by atoms with Crippen molar-refractivity contribution in [3.63, 3.8) is 0 Å². The Morgan fingerprint density at radius 3 is 0.840 bits per heavy atom. The molecule has 0 saturated heterocycles. The predicted molar refractivity (Wildman–Crippen MR) is 306 cm³/mol. The van der Waals surface area contributed by atoms with E-state index in [0.29, 0.717) is 28.4 Å². The van der Waals surface area contributed by atoms with E-state index in [2.05, 4.69) is 255 Å². The standard InChI is InChI=1S/C67H38BN5O2/c69-39-48-62(72-55-33-13-5-23-44(55)45-24-6-14-34-56(45)72)66-61-67(63(48)73-57-35-15-7-25-46(57)47-26-8-16-36-58(47)73)75-65-50(28-18-38-60(65)71-53-31-11-3-21-42(53)43-22-4-12-32-54(43)71)68(61)49-27-17-37-59(64(49)74-66)70-51-29-9-1-19-40(51)41-20-2-10-30-52(41)70/h1-38H. The maximum Gasteiger partial charge on any atom is 0.261 e. The maximum absolute atomic E-state index is 12.4. The monoisotopic (exact) mass is 955 g/mol. The second-order valence-corrected chi connectivity index (χ2v) is 19.8. The molecule has 0 unspecified atom stereocenters. The highest BCUT2D eigenvalue weighted by Crippen LogP contribution is 2.51. The highest BCUT2D eigenvalue weighted by molar-refractivity contribution is 6.98.